The normalized spacial score (nSPS) is 23.1. The SMILES string of the molecule is CC(C(=O)OCc1ccccc1)N(Oc1ccccc1)[PH](=O)OC[C@@]1(N=[N+]=[N-])O[C@@H](n2ccc(=O)[nH]c2=O)[C@H](O)[C@@H]1O. The number of azide groups is 1. The number of carbonyl (C=O) groups excluding carboxylic acids is 1. The first-order valence-electron chi connectivity index (χ1n) is 12.5. The van der Waals surface area contributed by atoms with Gasteiger partial charge in [0.25, 0.3) is 13.7 Å². The van der Waals surface area contributed by atoms with E-state index in [9.17, 15) is 34.7 Å². The Morgan fingerprint density at radius 2 is 1.86 bits per heavy atom. The number of hydrogen-bond acceptors (Lipinski definition) is 11. The summed E-state index contributed by atoms with van der Waals surface area (Å²) in [6, 6.07) is 16.7. The van der Waals surface area contributed by atoms with Crippen LogP contribution in [-0.2, 0) is 30.0 Å². The second kappa shape index (κ2) is 13.6. The molecule has 0 aliphatic carbocycles. The number of rotatable bonds is 12. The Morgan fingerprint density at radius 3 is 2.50 bits per heavy atom. The summed E-state index contributed by atoms with van der Waals surface area (Å²) in [6.07, 6.45) is -4.42. The standard InChI is InChI=1S/C25H27N6O10P/c1-16(23(35)38-14-17-8-4-2-5-9-17)31(41-18-10-6-3-7-11-18)42(37)39-15-25(28-29-26)21(34)20(33)22(40-25)30-13-12-19(32)27-24(30)36/h2-13,16,20-22,33-34,42H,14-15H2,1H3,(H,27,32,36)/t16?,20-,21+,22-,25-/m1/s1. The molecule has 42 heavy (non-hydrogen) atoms. The van der Waals surface area contributed by atoms with E-state index in [4.69, 9.17) is 18.8 Å². The minimum absolute atomic E-state index is 0.0611. The van der Waals surface area contributed by atoms with Crippen LogP contribution in [-0.4, -0.2) is 61.1 Å². The molecule has 0 bridgehead atoms. The van der Waals surface area contributed by atoms with Crippen LogP contribution in [0.15, 0.2) is 87.6 Å². The lowest BCUT2D eigenvalue weighted by Gasteiger charge is -2.29. The minimum Gasteiger partial charge on any atom is -0.460 e. The van der Waals surface area contributed by atoms with E-state index >= 15 is 0 Å². The lowest BCUT2D eigenvalue weighted by Crippen LogP contribution is -2.45. The topological polar surface area (TPSA) is 218 Å². The van der Waals surface area contributed by atoms with Gasteiger partial charge in [-0.05, 0) is 30.2 Å². The summed E-state index contributed by atoms with van der Waals surface area (Å²) in [5, 5.41) is 24.8. The zero-order valence-corrected chi connectivity index (χ0v) is 23.0. The summed E-state index contributed by atoms with van der Waals surface area (Å²) in [5.41, 5.74) is 5.83. The fourth-order valence-electron chi connectivity index (χ4n) is 3.97. The highest BCUT2D eigenvalue weighted by Gasteiger charge is 2.56. The number of H-pyrrole nitrogens is 1. The Morgan fingerprint density at radius 1 is 1.19 bits per heavy atom. The van der Waals surface area contributed by atoms with E-state index in [-0.39, 0.29) is 12.4 Å². The second-order valence-corrected chi connectivity index (χ2v) is 10.3. The van der Waals surface area contributed by atoms with Crippen molar-refractivity contribution in [2.45, 2.75) is 43.7 Å². The number of aliphatic hydroxyl groups excluding tert-OH is 2. The molecule has 1 aliphatic rings. The highest BCUT2D eigenvalue weighted by molar-refractivity contribution is 7.36. The molecule has 0 spiro atoms. The molecule has 1 saturated heterocycles. The zero-order valence-electron chi connectivity index (χ0n) is 22.0. The molecule has 16 nitrogen and oxygen atoms in total. The van der Waals surface area contributed by atoms with Gasteiger partial charge in [-0.25, -0.2) is 4.79 Å². The van der Waals surface area contributed by atoms with Crippen LogP contribution in [0.5, 0.6) is 5.75 Å². The van der Waals surface area contributed by atoms with Crippen LogP contribution < -0.4 is 16.1 Å². The van der Waals surface area contributed by atoms with E-state index in [0.717, 1.165) is 27.2 Å². The number of esters is 1. The third-order valence-electron chi connectivity index (χ3n) is 6.19. The minimum atomic E-state index is -3.54. The van der Waals surface area contributed by atoms with Gasteiger partial charge in [-0.3, -0.25) is 23.7 Å². The number of nitrogens with one attached hydrogen (secondary N) is 1. The van der Waals surface area contributed by atoms with Gasteiger partial charge < -0.3 is 29.0 Å². The molecule has 1 fully saturated rings. The molecular formula is C25H27N6O10P. The molecule has 222 valence electrons. The van der Waals surface area contributed by atoms with Gasteiger partial charge in [-0.1, -0.05) is 58.5 Å². The Balaban J connectivity index is 1.53. The maximum atomic E-state index is 13.4. The number of nitrogens with zero attached hydrogens (tertiary/aromatic N) is 5. The van der Waals surface area contributed by atoms with E-state index in [1.165, 1.54) is 6.92 Å². The van der Waals surface area contributed by atoms with E-state index in [1.54, 1.807) is 60.7 Å². The number of para-hydroxylation sites is 1. The van der Waals surface area contributed by atoms with E-state index < -0.39 is 62.2 Å². The summed E-state index contributed by atoms with van der Waals surface area (Å²) in [6.45, 7) is 0.408. The van der Waals surface area contributed by atoms with Crippen molar-refractivity contribution in [3.05, 3.63) is 110 Å². The molecule has 3 aromatic rings. The zero-order chi connectivity index (χ0) is 30.3. The summed E-state index contributed by atoms with van der Waals surface area (Å²) in [4.78, 5) is 47.6. The Labute approximate surface area is 238 Å². The van der Waals surface area contributed by atoms with Crippen molar-refractivity contribution in [1.29, 1.82) is 0 Å². The maximum Gasteiger partial charge on any atom is 0.330 e. The molecule has 1 aliphatic heterocycles. The van der Waals surface area contributed by atoms with Crippen LogP contribution in [0.2, 0.25) is 0 Å². The molecule has 4 rings (SSSR count). The fraction of sp³-hybridized carbons (Fsp3) is 0.320. The number of carbonyl (C=O) groups is 1. The summed E-state index contributed by atoms with van der Waals surface area (Å²) in [5.74, 6) is -0.594. The third-order valence-corrected chi connectivity index (χ3v) is 7.42. The third kappa shape index (κ3) is 6.95. The number of hydroxylamine groups is 1. The molecule has 17 heteroatoms. The number of hydrogen-bond donors (Lipinski definition) is 3. The van der Waals surface area contributed by atoms with Crippen molar-refractivity contribution in [2.75, 3.05) is 6.61 Å². The number of benzene rings is 2. The monoisotopic (exact) mass is 602 g/mol. The lowest BCUT2D eigenvalue weighted by molar-refractivity contribution is -0.157. The first kappa shape index (κ1) is 30.7. The summed E-state index contributed by atoms with van der Waals surface area (Å²) in [7, 11) is -3.54. The van der Waals surface area contributed by atoms with Crippen molar-refractivity contribution < 1.29 is 38.4 Å². The van der Waals surface area contributed by atoms with Crippen LogP contribution in [0, 0.1) is 0 Å². The molecule has 1 aromatic heterocycles. The van der Waals surface area contributed by atoms with Crippen molar-refractivity contribution in [3.63, 3.8) is 0 Å². The molecule has 6 atom stereocenters. The predicted molar refractivity (Wildman–Crippen MR) is 145 cm³/mol. The van der Waals surface area contributed by atoms with Gasteiger partial charge >= 0.3 is 11.7 Å². The summed E-state index contributed by atoms with van der Waals surface area (Å²) >= 11 is 0. The second-order valence-electron chi connectivity index (χ2n) is 9.05. The first-order valence-corrected chi connectivity index (χ1v) is 13.7. The van der Waals surface area contributed by atoms with Gasteiger partial charge in [0, 0.05) is 17.2 Å². The predicted octanol–water partition coefficient (Wildman–Crippen LogP) is 1.63. The number of aromatic amines is 1. The van der Waals surface area contributed by atoms with Gasteiger partial charge in [-0.15, -0.1) is 0 Å². The number of aromatic nitrogens is 2. The number of aliphatic hydroxyl groups is 2. The fourth-order valence-corrected chi connectivity index (χ4v) is 5.03. The average molecular weight is 602 g/mol. The van der Waals surface area contributed by atoms with Gasteiger partial charge in [0.15, 0.2) is 6.23 Å². The highest BCUT2D eigenvalue weighted by atomic mass is 31.1. The smallest absolute Gasteiger partial charge is 0.330 e. The van der Waals surface area contributed by atoms with Crippen molar-refractivity contribution >= 4 is 14.1 Å². The quantitative estimate of drug-likeness (QED) is 0.0675. The van der Waals surface area contributed by atoms with Crippen molar-refractivity contribution in [2.24, 2.45) is 5.11 Å². The Hall–Kier alpha value is -4.27. The molecule has 3 N–H and O–H groups in total. The van der Waals surface area contributed by atoms with E-state index in [2.05, 4.69) is 10.0 Å². The highest BCUT2D eigenvalue weighted by Crippen LogP contribution is 2.41. The van der Waals surface area contributed by atoms with Crippen LogP contribution in [0.25, 0.3) is 10.4 Å². The average Bonchev–Trinajstić information content (AvgIpc) is 3.23. The first-order chi connectivity index (χ1) is 20.1. The maximum absolute atomic E-state index is 13.4. The molecule has 0 radical (unpaired) electrons. The molecule has 2 unspecified atom stereocenters. The molecule has 0 amide bonds. The molecule has 0 saturated carbocycles. The van der Waals surface area contributed by atoms with Crippen LogP contribution in [0.1, 0.15) is 18.7 Å². The molecule has 2 aromatic carbocycles. The van der Waals surface area contributed by atoms with Crippen LogP contribution in [0.4, 0.5) is 0 Å². The van der Waals surface area contributed by atoms with Gasteiger partial charge in [0.05, 0.1) is 6.61 Å². The van der Waals surface area contributed by atoms with Crippen LogP contribution >= 0.6 is 8.18 Å². The van der Waals surface area contributed by atoms with Gasteiger partial charge in [-0.2, -0.15) is 0 Å². The van der Waals surface area contributed by atoms with Crippen molar-refractivity contribution in [1.82, 2.24) is 14.4 Å². The Bertz CT molecular complexity index is 1560. The van der Waals surface area contributed by atoms with E-state index in [1.807, 2.05) is 4.98 Å². The number of ether oxygens (including phenoxy) is 2. The lowest BCUT2D eigenvalue weighted by atomic mass is 10.1. The van der Waals surface area contributed by atoms with Gasteiger partial charge in [0.2, 0.25) is 5.72 Å². The largest absolute Gasteiger partial charge is 0.460 e. The van der Waals surface area contributed by atoms with Crippen molar-refractivity contribution in [3.8, 4) is 5.75 Å². The van der Waals surface area contributed by atoms with Gasteiger partial charge in [0.1, 0.15) is 30.6 Å². The Kier molecular flexibility index (Phi) is 9.93. The molecular weight excluding hydrogens is 575 g/mol. The molecule has 2 heterocycles. The summed E-state index contributed by atoms with van der Waals surface area (Å²) < 4.78 is 30.6. The van der Waals surface area contributed by atoms with Crippen LogP contribution in [0.3, 0.4) is 0 Å². The van der Waals surface area contributed by atoms with E-state index in [0.29, 0.717) is 0 Å².